The zero-order chi connectivity index (χ0) is 11.4. The van der Waals surface area contributed by atoms with Gasteiger partial charge in [0.15, 0.2) is 0 Å². The summed E-state index contributed by atoms with van der Waals surface area (Å²) in [6, 6.07) is 3.99. The first kappa shape index (κ1) is 11.9. The first-order valence-corrected chi connectivity index (χ1v) is 5.10. The van der Waals surface area contributed by atoms with Gasteiger partial charge < -0.3 is 15.2 Å². The van der Waals surface area contributed by atoms with Crippen LogP contribution >= 0.6 is 0 Å². The zero-order valence-corrected chi connectivity index (χ0v) is 9.79. The highest BCUT2D eigenvalue weighted by Crippen LogP contribution is 2.25. The number of hydrogen-bond acceptors (Lipinski definition) is 3. The highest BCUT2D eigenvalue weighted by molar-refractivity contribution is 5.57. The number of benzene rings is 1. The summed E-state index contributed by atoms with van der Waals surface area (Å²) in [4.78, 5) is 0. The maximum Gasteiger partial charge on any atom is 0.118 e. The molecule has 1 unspecified atom stereocenters. The molecular formula is C12H19NO2. The molecule has 0 heterocycles. The van der Waals surface area contributed by atoms with Gasteiger partial charge in [-0.05, 0) is 44.0 Å². The fourth-order valence-corrected chi connectivity index (χ4v) is 1.51. The molecule has 0 aliphatic carbocycles. The molecule has 0 saturated heterocycles. The molecule has 0 radical (unpaired) electrons. The molecule has 1 rings (SSSR count). The highest BCUT2D eigenvalue weighted by atomic mass is 16.5. The van der Waals surface area contributed by atoms with Crippen molar-refractivity contribution in [2.24, 2.45) is 0 Å². The molecule has 3 heteroatoms. The molecule has 0 amide bonds. The third-order valence-corrected chi connectivity index (χ3v) is 2.36. The summed E-state index contributed by atoms with van der Waals surface area (Å²) in [5.41, 5.74) is 2.98. The van der Waals surface area contributed by atoms with E-state index in [0.717, 1.165) is 16.8 Å². The second kappa shape index (κ2) is 5.03. The average molecular weight is 209 g/mol. The van der Waals surface area contributed by atoms with Crippen molar-refractivity contribution in [1.82, 2.24) is 0 Å². The molecule has 0 spiro atoms. The Bertz CT molecular complexity index is 337. The van der Waals surface area contributed by atoms with Gasteiger partial charge in [-0.1, -0.05) is 0 Å². The van der Waals surface area contributed by atoms with E-state index in [1.807, 2.05) is 19.9 Å². The number of hydrogen-bond donors (Lipinski definition) is 2. The van der Waals surface area contributed by atoms with Crippen molar-refractivity contribution in [3.8, 4) is 5.75 Å². The van der Waals surface area contributed by atoms with Crippen LogP contribution in [0.25, 0.3) is 0 Å². The lowest BCUT2D eigenvalue weighted by Gasteiger charge is -2.17. The molecule has 1 aromatic carbocycles. The van der Waals surface area contributed by atoms with Crippen molar-refractivity contribution in [3.05, 3.63) is 23.3 Å². The van der Waals surface area contributed by atoms with E-state index in [2.05, 4.69) is 12.2 Å². The van der Waals surface area contributed by atoms with Crippen molar-refractivity contribution in [1.29, 1.82) is 0 Å². The minimum atomic E-state index is 0.262. The van der Waals surface area contributed by atoms with Gasteiger partial charge in [0.2, 0.25) is 0 Å². The monoisotopic (exact) mass is 209 g/mol. The van der Waals surface area contributed by atoms with Gasteiger partial charge in [0.25, 0.3) is 0 Å². The minimum absolute atomic E-state index is 0.262. The van der Waals surface area contributed by atoms with Gasteiger partial charge in [-0.15, -0.1) is 0 Å². The average Bonchev–Trinajstić information content (AvgIpc) is 2.14. The summed E-state index contributed by atoms with van der Waals surface area (Å²) in [7, 11) is 1.69. The number of phenolic OH excluding ortho intramolecular Hbond substituents is 1. The molecule has 2 N–H and O–H groups in total. The van der Waals surface area contributed by atoms with Crippen LogP contribution in [0.3, 0.4) is 0 Å². The predicted molar refractivity (Wildman–Crippen MR) is 62.5 cm³/mol. The normalized spacial score (nSPS) is 12.5. The molecule has 1 atom stereocenters. The number of anilines is 1. The molecule has 0 fully saturated rings. The lowest BCUT2D eigenvalue weighted by atomic mass is 10.1. The standard InChI is InChI=1S/C12H19NO2/c1-8-6-12(14)9(2)5-11(8)13-10(3)7-15-4/h5-6,10,13-14H,7H2,1-4H3. The van der Waals surface area contributed by atoms with E-state index >= 15 is 0 Å². The smallest absolute Gasteiger partial charge is 0.118 e. The molecule has 0 aliphatic heterocycles. The second-order valence-corrected chi connectivity index (χ2v) is 3.95. The fourth-order valence-electron chi connectivity index (χ4n) is 1.51. The van der Waals surface area contributed by atoms with Crippen LogP contribution in [0.5, 0.6) is 5.75 Å². The van der Waals surface area contributed by atoms with Crippen LogP contribution in [-0.2, 0) is 4.74 Å². The minimum Gasteiger partial charge on any atom is -0.508 e. The molecule has 15 heavy (non-hydrogen) atoms. The summed E-state index contributed by atoms with van der Waals surface area (Å²) in [6.45, 7) is 6.59. The molecule has 0 saturated carbocycles. The Kier molecular flexibility index (Phi) is 3.97. The van der Waals surface area contributed by atoms with Gasteiger partial charge in [-0.2, -0.15) is 0 Å². The maximum atomic E-state index is 9.51. The Morgan fingerprint density at radius 2 is 2.00 bits per heavy atom. The van der Waals surface area contributed by atoms with Crippen LogP contribution < -0.4 is 5.32 Å². The second-order valence-electron chi connectivity index (χ2n) is 3.95. The highest BCUT2D eigenvalue weighted by Gasteiger charge is 2.06. The van der Waals surface area contributed by atoms with Gasteiger partial charge in [0.05, 0.1) is 6.61 Å². The number of phenols is 1. The van der Waals surface area contributed by atoms with Gasteiger partial charge >= 0.3 is 0 Å². The fraction of sp³-hybridized carbons (Fsp3) is 0.500. The van der Waals surface area contributed by atoms with Crippen LogP contribution in [0.2, 0.25) is 0 Å². The van der Waals surface area contributed by atoms with E-state index in [0.29, 0.717) is 12.4 Å². The van der Waals surface area contributed by atoms with Gasteiger partial charge in [0, 0.05) is 18.8 Å². The van der Waals surface area contributed by atoms with E-state index in [-0.39, 0.29) is 6.04 Å². The van der Waals surface area contributed by atoms with Gasteiger partial charge in [-0.3, -0.25) is 0 Å². The predicted octanol–water partition coefficient (Wildman–Crippen LogP) is 2.46. The third kappa shape index (κ3) is 3.13. The van der Waals surface area contributed by atoms with Crippen LogP contribution in [0, 0.1) is 13.8 Å². The first-order valence-electron chi connectivity index (χ1n) is 5.10. The summed E-state index contributed by atoms with van der Waals surface area (Å²) >= 11 is 0. The van der Waals surface area contributed by atoms with Gasteiger partial charge in [-0.25, -0.2) is 0 Å². The summed E-state index contributed by atoms with van der Waals surface area (Å²) in [6.07, 6.45) is 0. The number of methoxy groups -OCH3 is 1. The largest absolute Gasteiger partial charge is 0.508 e. The first-order chi connectivity index (χ1) is 7.04. The topological polar surface area (TPSA) is 41.5 Å². The maximum absolute atomic E-state index is 9.51. The van der Waals surface area contributed by atoms with Crippen LogP contribution in [-0.4, -0.2) is 24.9 Å². The molecule has 84 valence electrons. The van der Waals surface area contributed by atoms with E-state index in [1.54, 1.807) is 13.2 Å². The van der Waals surface area contributed by atoms with Gasteiger partial charge in [0.1, 0.15) is 5.75 Å². The zero-order valence-electron chi connectivity index (χ0n) is 9.79. The summed E-state index contributed by atoms with van der Waals surface area (Å²) in [5, 5.41) is 12.9. The van der Waals surface area contributed by atoms with Crippen molar-refractivity contribution in [2.75, 3.05) is 19.0 Å². The van der Waals surface area contributed by atoms with Crippen molar-refractivity contribution >= 4 is 5.69 Å². The SMILES string of the molecule is COCC(C)Nc1cc(C)c(O)cc1C. The number of ether oxygens (including phenoxy) is 1. The molecule has 0 aromatic heterocycles. The third-order valence-electron chi connectivity index (χ3n) is 2.36. The molecule has 1 aromatic rings. The Morgan fingerprint density at radius 1 is 1.33 bits per heavy atom. The number of nitrogens with one attached hydrogen (secondary N) is 1. The van der Waals surface area contributed by atoms with Crippen molar-refractivity contribution < 1.29 is 9.84 Å². The summed E-state index contributed by atoms with van der Waals surface area (Å²) in [5.74, 6) is 0.345. The van der Waals surface area contributed by atoms with E-state index < -0.39 is 0 Å². The lowest BCUT2D eigenvalue weighted by molar-refractivity contribution is 0.190. The lowest BCUT2D eigenvalue weighted by Crippen LogP contribution is -2.21. The molecule has 3 nitrogen and oxygen atoms in total. The number of aromatic hydroxyl groups is 1. The van der Waals surface area contributed by atoms with E-state index in [4.69, 9.17) is 4.74 Å². The van der Waals surface area contributed by atoms with E-state index in [9.17, 15) is 5.11 Å². The Hall–Kier alpha value is -1.22. The number of rotatable bonds is 4. The van der Waals surface area contributed by atoms with Crippen LogP contribution in [0.1, 0.15) is 18.1 Å². The Morgan fingerprint density at radius 3 is 2.60 bits per heavy atom. The summed E-state index contributed by atoms with van der Waals surface area (Å²) < 4.78 is 5.06. The van der Waals surface area contributed by atoms with Crippen LogP contribution in [0.4, 0.5) is 5.69 Å². The number of aryl methyl sites for hydroxylation is 2. The van der Waals surface area contributed by atoms with Crippen LogP contribution in [0.15, 0.2) is 12.1 Å². The quantitative estimate of drug-likeness (QED) is 0.748. The molecule has 0 aliphatic rings. The van der Waals surface area contributed by atoms with E-state index in [1.165, 1.54) is 0 Å². The molecular weight excluding hydrogens is 190 g/mol. The van der Waals surface area contributed by atoms with Crippen molar-refractivity contribution in [2.45, 2.75) is 26.8 Å². The van der Waals surface area contributed by atoms with Crippen molar-refractivity contribution in [3.63, 3.8) is 0 Å². The Labute approximate surface area is 91.1 Å². The molecule has 0 bridgehead atoms. The Balaban J connectivity index is 2.81.